The van der Waals surface area contributed by atoms with Crippen LogP contribution in [-0.4, -0.2) is 120 Å². The Balaban J connectivity index is 1.18. The van der Waals surface area contributed by atoms with E-state index >= 15 is 4.79 Å². The molecule has 1 heterocycles. The lowest BCUT2D eigenvalue weighted by Crippen LogP contribution is -2.71. The van der Waals surface area contributed by atoms with Crippen molar-refractivity contribution in [3.8, 4) is 11.5 Å². The highest BCUT2D eigenvalue weighted by Gasteiger charge is 2.84. The minimum absolute atomic E-state index is 0.0464. The van der Waals surface area contributed by atoms with Crippen molar-refractivity contribution in [2.45, 2.75) is 145 Å². The third-order valence-electron chi connectivity index (χ3n) is 18.9. The molecule has 12 nitrogen and oxygen atoms in total. The monoisotopic (exact) mass is 821 g/mol. The van der Waals surface area contributed by atoms with E-state index in [0.717, 1.165) is 18.5 Å². The van der Waals surface area contributed by atoms with Crippen LogP contribution in [0, 0.1) is 45.3 Å². The summed E-state index contributed by atoms with van der Waals surface area (Å²) in [5.74, 6) is -3.73. The number of carbonyl (C=O) groups excluding carboxylic acids is 1. The molecule has 1 aromatic rings. The molecular weight excluding hydrogens is 755 g/mol. The van der Waals surface area contributed by atoms with Crippen LogP contribution in [0.4, 0.5) is 0 Å². The summed E-state index contributed by atoms with van der Waals surface area (Å²) in [6, 6.07) is 4.46. The Labute approximate surface area is 347 Å². The van der Waals surface area contributed by atoms with E-state index < -0.39 is 74.7 Å². The molecular formula is C47H67NO11. The van der Waals surface area contributed by atoms with Crippen LogP contribution < -0.4 is 5.32 Å². The zero-order chi connectivity index (χ0) is 42.3. The van der Waals surface area contributed by atoms with Crippen molar-refractivity contribution in [3.63, 3.8) is 0 Å². The number of aromatic hydroxyl groups is 2. The maximum Gasteiger partial charge on any atom is 0.160 e. The largest absolute Gasteiger partial charge is 0.504 e. The highest BCUT2D eigenvalue weighted by molar-refractivity contribution is 5.96. The lowest BCUT2D eigenvalue weighted by molar-refractivity contribution is -0.248. The van der Waals surface area contributed by atoms with Gasteiger partial charge in [-0.05, 0) is 104 Å². The fourth-order valence-electron chi connectivity index (χ4n) is 15.9. The summed E-state index contributed by atoms with van der Waals surface area (Å²) < 4.78 is 13.8. The number of hydrogen-bond donors (Lipinski definition) is 9. The maximum atomic E-state index is 15.1. The predicted octanol–water partition coefficient (Wildman–Crippen LogP) is 3.76. The molecule has 11 rings (SSSR count). The summed E-state index contributed by atoms with van der Waals surface area (Å²) in [5.41, 5.74) is -7.10. The average Bonchev–Trinajstić information content (AvgIpc) is 3.47. The SMILES string of the molecule is CCNCC1=CC2(C)CCC1C1(OC3CC4(O)C5=CC(=O)C6C(c7ccc(O)c(O)c7)C7(O)CCC5(CCC4(C)C3C1(O)CCO)C6(C)CC7OCCCO)C(O)C2C. The number of carbonyl (C=O) groups is 1. The number of phenols is 2. The molecule has 326 valence electrons. The standard InChI is InChI=1S/C47H67NO11/c1-6-48-25-28-22-40(3)11-10-29(28)47(39(54)26(40)2)45(56,16-18-50)38-33(59-47)23-46(57)34-21-32(53)37-36(27-8-9-30(51)31(52)20-27)44(55)15-14-43(34,13-12-41(38,46)4)42(37,5)24-35(44)58-19-7-17-49/h8-9,20-22,26,29,33,35-39,48-52,54-57H,6-7,10-19,23-25H2,1-5H3. The topological polar surface area (TPSA) is 209 Å². The summed E-state index contributed by atoms with van der Waals surface area (Å²) in [7, 11) is 0. The molecule has 9 aliphatic carbocycles. The van der Waals surface area contributed by atoms with E-state index in [-0.39, 0.29) is 73.6 Å². The lowest BCUT2D eigenvalue weighted by Gasteiger charge is -2.67. The highest BCUT2D eigenvalue weighted by atomic mass is 16.6. The van der Waals surface area contributed by atoms with E-state index in [1.165, 1.54) is 12.1 Å². The van der Waals surface area contributed by atoms with Gasteiger partial charge < -0.3 is 55.6 Å². The van der Waals surface area contributed by atoms with E-state index in [4.69, 9.17) is 9.47 Å². The Morgan fingerprint density at radius 2 is 1.68 bits per heavy atom. The number of hydrogen-bond acceptors (Lipinski definition) is 12. The lowest BCUT2D eigenvalue weighted by atomic mass is 9.38. The molecule has 1 aromatic carbocycles. The van der Waals surface area contributed by atoms with E-state index in [1.54, 1.807) is 12.1 Å². The molecule has 7 fully saturated rings. The summed E-state index contributed by atoms with van der Waals surface area (Å²) >= 11 is 0. The molecule has 59 heavy (non-hydrogen) atoms. The third kappa shape index (κ3) is 5.01. The van der Waals surface area contributed by atoms with Crippen molar-refractivity contribution in [2.24, 2.45) is 45.3 Å². The highest BCUT2D eigenvalue weighted by Crippen LogP contribution is 2.80. The van der Waals surface area contributed by atoms with Gasteiger partial charge in [0.05, 0.1) is 29.5 Å². The molecule has 10 aliphatic rings. The fraction of sp³-hybridized carbons (Fsp3) is 0.766. The first-order valence-corrected chi connectivity index (χ1v) is 22.4. The molecule has 16 atom stereocenters. The van der Waals surface area contributed by atoms with Gasteiger partial charge in [0.2, 0.25) is 0 Å². The van der Waals surface area contributed by atoms with Gasteiger partial charge in [-0.2, -0.15) is 0 Å². The molecule has 1 saturated heterocycles. The molecule has 12 heteroatoms. The average molecular weight is 822 g/mol. The molecule has 1 aliphatic heterocycles. The van der Waals surface area contributed by atoms with Gasteiger partial charge in [-0.25, -0.2) is 0 Å². The molecule has 2 spiro atoms. The minimum atomic E-state index is -1.74. The summed E-state index contributed by atoms with van der Waals surface area (Å²) in [6.45, 7) is 11.5. The maximum absolute atomic E-state index is 15.1. The van der Waals surface area contributed by atoms with Crippen molar-refractivity contribution in [1.82, 2.24) is 5.32 Å². The number of phenolic OH excluding ortho intramolecular Hbond substituents is 2. The molecule has 0 aromatic heterocycles. The zero-order valence-electron chi connectivity index (χ0n) is 35.4. The van der Waals surface area contributed by atoms with Crippen LogP contribution in [0.2, 0.25) is 0 Å². The van der Waals surface area contributed by atoms with Crippen LogP contribution in [0.1, 0.15) is 110 Å². The Kier molecular flexibility index (Phi) is 9.64. The number of ketones is 1. The second-order valence-electron chi connectivity index (χ2n) is 20.9. The van der Waals surface area contributed by atoms with Gasteiger partial charge in [0, 0.05) is 73.7 Å². The second kappa shape index (κ2) is 13.6. The number of benzene rings is 1. The third-order valence-corrected chi connectivity index (χ3v) is 18.9. The number of allylic oxidation sites excluding steroid dienone is 2. The zero-order valence-corrected chi connectivity index (χ0v) is 35.4. The predicted molar refractivity (Wildman–Crippen MR) is 217 cm³/mol. The van der Waals surface area contributed by atoms with Crippen LogP contribution in [0.3, 0.4) is 0 Å². The normalized spacial score (nSPS) is 50.5. The fourth-order valence-corrected chi connectivity index (χ4v) is 15.9. The van der Waals surface area contributed by atoms with E-state index in [1.807, 2.05) is 13.8 Å². The van der Waals surface area contributed by atoms with Gasteiger partial charge >= 0.3 is 0 Å². The molecule has 0 amide bonds. The Bertz CT molecular complexity index is 1950. The van der Waals surface area contributed by atoms with Crippen molar-refractivity contribution in [3.05, 3.63) is 47.1 Å². The van der Waals surface area contributed by atoms with Crippen molar-refractivity contribution >= 4 is 5.78 Å². The number of ether oxygens (including phenoxy) is 2. The summed E-state index contributed by atoms with van der Waals surface area (Å²) in [4.78, 5) is 15.1. The second-order valence-corrected chi connectivity index (χ2v) is 20.9. The first-order valence-electron chi connectivity index (χ1n) is 22.4. The first kappa shape index (κ1) is 41.9. The Morgan fingerprint density at radius 1 is 0.932 bits per heavy atom. The van der Waals surface area contributed by atoms with Gasteiger partial charge in [0.15, 0.2) is 17.3 Å². The summed E-state index contributed by atoms with van der Waals surface area (Å²) in [6.07, 6.45) is 5.40. The van der Waals surface area contributed by atoms with Crippen molar-refractivity contribution < 1.29 is 55.1 Å². The molecule has 0 radical (unpaired) electrons. The number of nitrogens with one attached hydrogen (secondary N) is 1. The van der Waals surface area contributed by atoms with Crippen LogP contribution in [0.15, 0.2) is 41.5 Å². The molecule has 6 bridgehead atoms. The first-order chi connectivity index (χ1) is 27.8. The number of aliphatic hydroxyl groups excluding tert-OH is 3. The Morgan fingerprint density at radius 3 is 2.37 bits per heavy atom. The molecule has 6 saturated carbocycles. The minimum Gasteiger partial charge on any atom is -0.504 e. The van der Waals surface area contributed by atoms with Gasteiger partial charge in [0.1, 0.15) is 11.2 Å². The molecule has 9 N–H and O–H groups in total. The van der Waals surface area contributed by atoms with Crippen molar-refractivity contribution in [1.29, 1.82) is 0 Å². The van der Waals surface area contributed by atoms with E-state index in [2.05, 4.69) is 32.2 Å². The van der Waals surface area contributed by atoms with Gasteiger partial charge in [-0.3, -0.25) is 4.79 Å². The van der Waals surface area contributed by atoms with Crippen LogP contribution in [0.25, 0.3) is 0 Å². The van der Waals surface area contributed by atoms with E-state index in [9.17, 15) is 40.9 Å². The smallest absolute Gasteiger partial charge is 0.160 e. The van der Waals surface area contributed by atoms with Gasteiger partial charge in [-0.1, -0.05) is 52.3 Å². The Hall–Kier alpha value is -2.39. The van der Waals surface area contributed by atoms with Crippen LogP contribution in [0.5, 0.6) is 11.5 Å². The van der Waals surface area contributed by atoms with Gasteiger partial charge in [-0.15, -0.1) is 0 Å². The quantitative estimate of drug-likeness (QED) is 0.0940. The van der Waals surface area contributed by atoms with Crippen LogP contribution in [-0.2, 0) is 14.3 Å². The van der Waals surface area contributed by atoms with Crippen molar-refractivity contribution in [2.75, 3.05) is 32.9 Å². The van der Waals surface area contributed by atoms with Crippen LogP contribution >= 0.6 is 0 Å². The summed E-state index contributed by atoms with van der Waals surface area (Å²) in [5, 5.41) is 98.2. The number of rotatable bonds is 10. The number of likely N-dealkylation sites (N-methyl/N-ethyl adjacent to an activating group) is 1. The van der Waals surface area contributed by atoms with E-state index in [0.29, 0.717) is 56.2 Å². The van der Waals surface area contributed by atoms with Gasteiger partial charge in [0.25, 0.3) is 0 Å². The number of aliphatic hydroxyl groups is 6. The molecule has 16 unspecified atom stereocenters. The number of fused-ring (bicyclic) bond motifs is 8.